The third-order valence-corrected chi connectivity index (χ3v) is 2.04. The van der Waals surface area contributed by atoms with Crippen molar-refractivity contribution in [2.24, 2.45) is 11.5 Å². The Morgan fingerprint density at radius 2 is 1.94 bits per heavy atom. The van der Waals surface area contributed by atoms with Crippen molar-refractivity contribution < 1.29 is 14.4 Å². The number of carbonyl (C=O) groups excluding carboxylic acids is 3. The van der Waals surface area contributed by atoms with E-state index < -0.39 is 18.0 Å². The second-order valence-electron chi connectivity index (χ2n) is 3.29. The standard InChI is InChI=1S/C9H14N4O3/c10-3-4-12-7(14)5-6(11)13-8(15)1-2-9(13)16/h1-2,6H,3-5,10-11H2,(H,12,14). The zero-order valence-electron chi connectivity index (χ0n) is 8.68. The predicted octanol–water partition coefficient (Wildman–Crippen LogP) is -2.34. The van der Waals surface area contributed by atoms with Crippen molar-refractivity contribution in [1.82, 2.24) is 10.2 Å². The van der Waals surface area contributed by atoms with Gasteiger partial charge in [-0.1, -0.05) is 0 Å². The van der Waals surface area contributed by atoms with Gasteiger partial charge in [-0.25, -0.2) is 0 Å². The number of nitrogens with zero attached hydrogens (tertiary/aromatic N) is 1. The number of nitrogens with one attached hydrogen (secondary N) is 1. The molecule has 0 saturated heterocycles. The molecule has 0 spiro atoms. The average molecular weight is 226 g/mol. The van der Waals surface area contributed by atoms with Crippen LogP contribution >= 0.6 is 0 Å². The highest BCUT2D eigenvalue weighted by Gasteiger charge is 2.29. The van der Waals surface area contributed by atoms with Crippen LogP contribution in [0.2, 0.25) is 0 Å². The topological polar surface area (TPSA) is 119 Å². The Labute approximate surface area is 92.4 Å². The van der Waals surface area contributed by atoms with Crippen LogP contribution in [0.15, 0.2) is 12.2 Å². The summed E-state index contributed by atoms with van der Waals surface area (Å²) in [4.78, 5) is 34.5. The van der Waals surface area contributed by atoms with Gasteiger partial charge in [0.05, 0.1) is 12.6 Å². The van der Waals surface area contributed by atoms with Crippen LogP contribution in [-0.4, -0.2) is 41.9 Å². The monoisotopic (exact) mass is 226 g/mol. The normalized spacial score (nSPS) is 16.8. The molecule has 1 unspecified atom stereocenters. The number of hydrogen-bond acceptors (Lipinski definition) is 5. The fraction of sp³-hybridized carbons (Fsp3) is 0.444. The summed E-state index contributed by atoms with van der Waals surface area (Å²) >= 11 is 0. The molecular formula is C9H14N4O3. The summed E-state index contributed by atoms with van der Waals surface area (Å²) in [6.07, 6.45) is 1.19. The number of hydrogen-bond donors (Lipinski definition) is 3. The van der Waals surface area contributed by atoms with E-state index in [1.54, 1.807) is 0 Å². The van der Waals surface area contributed by atoms with Crippen LogP contribution in [0.3, 0.4) is 0 Å². The smallest absolute Gasteiger partial charge is 0.254 e. The van der Waals surface area contributed by atoms with E-state index in [0.717, 1.165) is 17.1 Å². The Hall–Kier alpha value is -1.73. The minimum absolute atomic E-state index is 0.126. The van der Waals surface area contributed by atoms with Crippen LogP contribution in [0.5, 0.6) is 0 Å². The highest BCUT2D eigenvalue weighted by molar-refractivity contribution is 6.13. The Bertz CT molecular complexity index is 322. The summed E-state index contributed by atoms with van der Waals surface area (Å²) in [6, 6.07) is 0. The number of imide groups is 1. The van der Waals surface area contributed by atoms with Gasteiger partial charge in [-0.05, 0) is 0 Å². The van der Waals surface area contributed by atoms with E-state index in [4.69, 9.17) is 11.5 Å². The lowest BCUT2D eigenvalue weighted by atomic mass is 10.3. The van der Waals surface area contributed by atoms with E-state index in [0.29, 0.717) is 13.1 Å². The number of amides is 3. The first-order valence-electron chi connectivity index (χ1n) is 4.84. The second-order valence-corrected chi connectivity index (χ2v) is 3.29. The molecular weight excluding hydrogens is 212 g/mol. The van der Waals surface area contributed by atoms with Gasteiger partial charge in [-0.3, -0.25) is 19.3 Å². The largest absolute Gasteiger partial charge is 0.355 e. The molecule has 0 fully saturated rings. The molecule has 1 aliphatic rings. The molecule has 3 amide bonds. The lowest BCUT2D eigenvalue weighted by Gasteiger charge is -2.21. The summed E-state index contributed by atoms with van der Waals surface area (Å²) in [7, 11) is 0. The van der Waals surface area contributed by atoms with Gasteiger partial charge in [0.1, 0.15) is 0 Å². The number of rotatable bonds is 5. The van der Waals surface area contributed by atoms with Crippen molar-refractivity contribution >= 4 is 17.7 Å². The zero-order valence-corrected chi connectivity index (χ0v) is 8.68. The predicted molar refractivity (Wildman–Crippen MR) is 55.6 cm³/mol. The molecule has 1 aliphatic heterocycles. The lowest BCUT2D eigenvalue weighted by molar-refractivity contribution is -0.140. The van der Waals surface area contributed by atoms with Crippen molar-refractivity contribution in [1.29, 1.82) is 0 Å². The van der Waals surface area contributed by atoms with Crippen molar-refractivity contribution in [2.75, 3.05) is 13.1 Å². The van der Waals surface area contributed by atoms with E-state index in [9.17, 15) is 14.4 Å². The zero-order chi connectivity index (χ0) is 12.1. The van der Waals surface area contributed by atoms with Crippen LogP contribution in [0.4, 0.5) is 0 Å². The molecule has 0 aromatic rings. The molecule has 16 heavy (non-hydrogen) atoms. The van der Waals surface area contributed by atoms with Gasteiger partial charge in [-0.2, -0.15) is 0 Å². The summed E-state index contributed by atoms with van der Waals surface area (Å²) < 4.78 is 0. The molecule has 1 atom stereocenters. The first-order chi connectivity index (χ1) is 7.56. The fourth-order valence-electron chi connectivity index (χ4n) is 1.30. The van der Waals surface area contributed by atoms with Gasteiger partial charge >= 0.3 is 0 Å². The maximum atomic E-state index is 11.3. The Balaban J connectivity index is 2.46. The minimum atomic E-state index is -0.937. The second kappa shape index (κ2) is 5.38. The summed E-state index contributed by atoms with van der Waals surface area (Å²) in [5.74, 6) is -1.33. The van der Waals surface area contributed by atoms with Crippen LogP contribution in [0.25, 0.3) is 0 Å². The van der Waals surface area contributed by atoms with Crippen molar-refractivity contribution in [2.45, 2.75) is 12.6 Å². The third-order valence-electron chi connectivity index (χ3n) is 2.04. The van der Waals surface area contributed by atoms with Crippen LogP contribution < -0.4 is 16.8 Å². The Kier molecular flexibility index (Phi) is 4.15. The molecule has 0 aromatic carbocycles. The van der Waals surface area contributed by atoms with Gasteiger partial charge in [0.25, 0.3) is 11.8 Å². The molecule has 1 rings (SSSR count). The molecule has 1 heterocycles. The van der Waals surface area contributed by atoms with Gasteiger partial charge in [0.15, 0.2) is 0 Å². The molecule has 0 radical (unpaired) electrons. The molecule has 7 nitrogen and oxygen atoms in total. The first-order valence-corrected chi connectivity index (χ1v) is 4.84. The maximum Gasteiger partial charge on any atom is 0.254 e. The van der Waals surface area contributed by atoms with E-state index >= 15 is 0 Å². The number of carbonyl (C=O) groups is 3. The van der Waals surface area contributed by atoms with E-state index in [2.05, 4.69) is 5.32 Å². The lowest BCUT2D eigenvalue weighted by Crippen LogP contribution is -2.48. The highest BCUT2D eigenvalue weighted by atomic mass is 16.2. The molecule has 5 N–H and O–H groups in total. The summed E-state index contributed by atoms with van der Waals surface area (Å²) in [5, 5.41) is 2.50. The quantitative estimate of drug-likeness (QED) is 0.454. The fourth-order valence-corrected chi connectivity index (χ4v) is 1.30. The third kappa shape index (κ3) is 2.88. The molecule has 0 aromatic heterocycles. The van der Waals surface area contributed by atoms with E-state index in [1.165, 1.54) is 0 Å². The molecule has 0 bridgehead atoms. The summed E-state index contributed by atoms with van der Waals surface area (Å²) in [6.45, 7) is 0.663. The number of nitrogens with two attached hydrogens (primary N) is 2. The van der Waals surface area contributed by atoms with Crippen LogP contribution in [-0.2, 0) is 14.4 Å². The van der Waals surface area contributed by atoms with Crippen LogP contribution in [0, 0.1) is 0 Å². The van der Waals surface area contributed by atoms with Gasteiger partial charge in [-0.15, -0.1) is 0 Å². The molecule has 7 heteroatoms. The Morgan fingerprint density at radius 1 is 1.38 bits per heavy atom. The molecule has 0 saturated carbocycles. The van der Waals surface area contributed by atoms with Gasteiger partial charge in [0.2, 0.25) is 5.91 Å². The van der Waals surface area contributed by atoms with Crippen molar-refractivity contribution in [3.05, 3.63) is 12.2 Å². The average Bonchev–Trinajstić information content (AvgIpc) is 2.55. The van der Waals surface area contributed by atoms with Crippen molar-refractivity contribution in [3.63, 3.8) is 0 Å². The Morgan fingerprint density at radius 3 is 2.44 bits per heavy atom. The molecule has 88 valence electrons. The molecule has 0 aliphatic carbocycles. The minimum Gasteiger partial charge on any atom is -0.355 e. The van der Waals surface area contributed by atoms with Gasteiger partial charge in [0, 0.05) is 25.2 Å². The van der Waals surface area contributed by atoms with E-state index in [-0.39, 0.29) is 12.3 Å². The highest BCUT2D eigenvalue weighted by Crippen LogP contribution is 2.08. The van der Waals surface area contributed by atoms with Gasteiger partial charge < -0.3 is 16.8 Å². The maximum absolute atomic E-state index is 11.3. The SMILES string of the molecule is NCCNC(=O)CC(N)N1C(=O)C=CC1=O. The van der Waals surface area contributed by atoms with E-state index in [1.807, 2.05) is 0 Å². The van der Waals surface area contributed by atoms with Crippen molar-refractivity contribution in [3.8, 4) is 0 Å². The first kappa shape index (κ1) is 12.3. The van der Waals surface area contributed by atoms with Crippen LogP contribution in [0.1, 0.15) is 6.42 Å². The summed E-state index contributed by atoms with van der Waals surface area (Å²) in [5.41, 5.74) is 10.8.